The minimum Gasteiger partial charge on any atom is -0.490 e. The molecule has 2 rings (SSSR count). The van der Waals surface area contributed by atoms with Crippen LogP contribution in [0.25, 0.3) is 11.4 Å². The van der Waals surface area contributed by atoms with Gasteiger partial charge in [0.15, 0.2) is 17.4 Å². The van der Waals surface area contributed by atoms with Crippen LogP contribution in [0.3, 0.4) is 0 Å². The number of aromatic nitrogens is 2. The van der Waals surface area contributed by atoms with Crippen LogP contribution < -0.4 is 4.74 Å². The van der Waals surface area contributed by atoms with Gasteiger partial charge in [-0.25, -0.2) is 14.4 Å². The van der Waals surface area contributed by atoms with E-state index in [0.717, 1.165) is 31.2 Å². The van der Waals surface area contributed by atoms with Crippen LogP contribution >= 0.6 is 0 Å². The van der Waals surface area contributed by atoms with Crippen molar-refractivity contribution >= 4 is 17.6 Å². The minimum absolute atomic E-state index is 0.0360. The molecule has 3 nitrogen and oxygen atoms in total. The highest BCUT2D eigenvalue weighted by atomic mass is 28.4. The van der Waals surface area contributed by atoms with E-state index < -0.39 is 19.7 Å². The summed E-state index contributed by atoms with van der Waals surface area (Å²) in [6, 6.07) is 4.40. The molecule has 0 bridgehead atoms. The highest BCUT2D eigenvalue weighted by Crippen LogP contribution is 2.36. The summed E-state index contributed by atoms with van der Waals surface area (Å²) < 4.78 is 35.6. The summed E-state index contributed by atoms with van der Waals surface area (Å²) in [7, 11) is -1.15. The van der Waals surface area contributed by atoms with Crippen LogP contribution in [-0.4, -0.2) is 34.2 Å². The third kappa shape index (κ3) is 10.9. The lowest BCUT2D eigenvalue weighted by Crippen LogP contribution is -2.39. The zero-order valence-corrected chi connectivity index (χ0v) is 27.4. The molecule has 0 saturated carbocycles. The fourth-order valence-corrected chi connectivity index (χ4v) is 9.50. The van der Waals surface area contributed by atoms with E-state index >= 15 is 0 Å². The molecule has 0 N–H and O–H groups in total. The Labute approximate surface area is 234 Å². The molecule has 0 amide bonds. The first-order valence-electron chi connectivity index (χ1n) is 15.0. The quantitative estimate of drug-likeness (QED) is 0.126. The molecule has 0 atom stereocenters. The van der Waals surface area contributed by atoms with E-state index in [9.17, 15) is 8.78 Å². The zero-order chi connectivity index (χ0) is 28.0. The van der Waals surface area contributed by atoms with Crippen molar-refractivity contribution < 1.29 is 13.5 Å². The molecule has 0 fully saturated rings. The highest BCUT2D eigenvalue weighted by molar-refractivity contribution is 6.87. The van der Waals surface area contributed by atoms with Crippen LogP contribution in [0.15, 0.2) is 24.5 Å². The number of rotatable bonds is 19. The smallest absolute Gasteiger partial charge is 0.201 e. The lowest BCUT2D eigenvalue weighted by atomic mass is 10.1. The van der Waals surface area contributed by atoms with E-state index in [1.165, 1.54) is 69.5 Å². The predicted octanol–water partition coefficient (Wildman–Crippen LogP) is 9.32. The maximum Gasteiger partial charge on any atom is 0.201 e. The summed E-state index contributed by atoms with van der Waals surface area (Å²) in [4.78, 5) is 8.61. The van der Waals surface area contributed by atoms with Crippen molar-refractivity contribution in [3.05, 3.63) is 41.7 Å². The molecule has 0 aliphatic carbocycles. The fraction of sp³-hybridized carbons (Fsp3) is 0.677. The Morgan fingerprint density at radius 3 is 2.08 bits per heavy atom. The van der Waals surface area contributed by atoms with Crippen LogP contribution in [0, 0.1) is 11.6 Å². The van der Waals surface area contributed by atoms with Gasteiger partial charge < -0.3 is 4.74 Å². The number of halogens is 2. The molecule has 38 heavy (non-hydrogen) atoms. The van der Waals surface area contributed by atoms with Crippen molar-refractivity contribution in [2.75, 3.05) is 6.61 Å². The Bertz CT molecular complexity index is 946. The van der Waals surface area contributed by atoms with E-state index in [-0.39, 0.29) is 26.7 Å². The Morgan fingerprint density at radius 2 is 1.42 bits per heavy atom. The van der Waals surface area contributed by atoms with Gasteiger partial charge in [0, 0.05) is 30.0 Å². The Hall–Kier alpha value is -1.61. The summed E-state index contributed by atoms with van der Waals surface area (Å²) in [6.45, 7) is 15.0. The molecule has 0 spiro atoms. The first kappa shape index (κ1) is 32.6. The van der Waals surface area contributed by atoms with Gasteiger partial charge in [-0.1, -0.05) is 104 Å². The molecule has 0 radical (unpaired) electrons. The van der Waals surface area contributed by atoms with E-state index in [1.807, 2.05) is 0 Å². The number of hydrogen-bond donors (Lipinski definition) is 0. The van der Waals surface area contributed by atoms with Crippen molar-refractivity contribution in [3.8, 4) is 17.1 Å². The third-order valence-electron chi connectivity index (χ3n) is 8.30. The average Bonchev–Trinajstić information content (AvgIpc) is 2.87. The summed E-state index contributed by atoms with van der Waals surface area (Å²) >= 11 is 0. The normalized spacial score (nSPS) is 12.5. The SMILES string of the molecule is CCCCCCCCCc1cnc(-c2ccc(OCCCCCC[SiH2]C(C)(C)[Si](C)(C)C)c(F)c2F)nc1. The fourth-order valence-electron chi connectivity index (χ4n) is 4.48. The van der Waals surface area contributed by atoms with Gasteiger partial charge in [-0.3, -0.25) is 0 Å². The van der Waals surface area contributed by atoms with Crippen LogP contribution in [0.4, 0.5) is 8.78 Å². The van der Waals surface area contributed by atoms with Crippen LogP contribution in [0.5, 0.6) is 5.75 Å². The molecular weight excluding hydrogens is 511 g/mol. The van der Waals surface area contributed by atoms with Crippen LogP contribution in [0.1, 0.15) is 97.0 Å². The molecule has 1 heterocycles. The molecule has 0 aliphatic heterocycles. The van der Waals surface area contributed by atoms with Gasteiger partial charge in [0.2, 0.25) is 5.82 Å². The maximum atomic E-state index is 14.8. The number of aryl methyl sites for hydroxylation is 1. The van der Waals surface area contributed by atoms with Crippen molar-refractivity contribution in [1.82, 2.24) is 9.97 Å². The second-order valence-corrected chi connectivity index (χ2v) is 22.1. The maximum absolute atomic E-state index is 14.8. The van der Waals surface area contributed by atoms with E-state index in [2.05, 4.69) is 50.4 Å². The molecule has 0 aliphatic rings. The third-order valence-corrected chi connectivity index (χ3v) is 18.4. The van der Waals surface area contributed by atoms with Crippen molar-refractivity contribution in [1.29, 1.82) is 0 Å². The van der Waals surface area contributed by atoms with E-state index in [4.69, 9.17) is 4.74 Å². The minimum atomic E-state index is -1.09. The summed E-state index contributed by atoms with van der Waals surface area (Å²) in [5, 5.41) is 0. The Kier molecular flexibility index (Phi) is 14.1. The average molecular weight is 563 g/mol. The summed E-state index contributed by atoms with van der Waals surface area (Å²) in [5.74, 6) is -1.74. The number of ether oxygens (including phenoxy) is 1. The number of unbranched alkanes of at least 4 members (excludes halogenated alkanes) is 9. The zero-order valence-electron chi connectivity index (χ0n) is 25.0. The van der Waals surface area contributed by atoms with E-state index in [1.54, 1.807) is 12.4 Å². The topological polar surface area (TPSA) is 35.0 Å². The molecular formula is C31H52F2N2OSi2. The van der Waals surface area contributed by atoms with Crippen molar-refractivity contribution in [3.63, 3.8) is 0 Å². The van der Waals surface area contributed by atoms with Gasteiger partial charge in [0.25, 0.3) is 0 Å². The lowest BCUT2D eigenvalue weighted by molar-refractivity contribution is 0.285. The van der Waals surface area contributed by atoms with Gasteiger partial charge in [0.05, 0.1) is 12.2 Å². The van der Waals surface area contributed by atoms with Crippen molar-refractivity contribution in [2.24, 2.45) is 0 Å². The first-order chi connectivity index (χ1) is 18.1. The number of nitrogens with zero attached hydrogens (tertiary/aromatic N) is 2. The van der Waals surface area contributed by atoms with Gasteiger partial charge in [0.1, 0.15) is 0 Å². The van der Waals surface area contributed by atoms with Gasteiger partial charge in [-0.05, 0) is 41.6 Å². The Morgan fingerprint density at radius 1 is 0.816 bits per heavy atom. The highest BCUT2D eigenvalue weighted by Gasteiger charge is 2.33. The molecule has 0 unspecified atom stereocenters. The van der Waals surface area contributed by atoms with Gasteiger partial charge in [-0.2, -0.15) is 4.39 Å². The lowest BCUT2D eigenvalue weighted by Gasteiger charge is -2.37. The van der Waals surface area contributed by atoms with Crippen LogP contribution in [-0.2, 0) is 6.42 Å². The van der Waals surface area contributed by atoms with E-state index in [0.29, 0.717) is 11.3 Å². The van der Waals surface area contributed by atoms with Gasteiger partial charge >= 0.3 is 0 Å². The standard InChI is InChI=1S/C31H52F2N2OSi2/c1-7-8-9-10-11-12-15-18-25-23-34-30(35-24-25)26-19-20-27(29(33)28(26)32)36-21-16-13-14-17-22-37-31(2,3)38(4,5)6/h19-20,23-24H,7-18,21-22,37H2,1-6H3. The number of hydrogen-bond acceptors (Lipinski definition) is 3. The Balaban J connectivity index is 1.72. The molecule has 214 valence electrons. The first-order valence-corrected chi connectivity index (χ1v) is 20.2. The predicted molar refractivity (Wildman–Crippen MR) is 164 cm³/mol. The molecule has 0 saturated heterocycles. The molecule has 7 heteroatoms. The van der Waals surface area contributed by atoms with Gasteiger partial charge in [-0.15, -0.1) is 0 Å². The molecule has 1 aromatic heterocycles. The summed E-state index contributed by atoms with van der Waals surface area (Å²) in [5.41, 5.74) is 1.10. The summed E-state index contributed by atoms with van der Waals surface area (Å²) in [6.07, 6.45) is 17.5. The van der Waals surface area contributed by atoms with Crippen molar-refractivity contribution in [2.45, 2.75) is 128 Å². The second kappa shape index (κ2) is 16.5. The second-order valence-electron chi connectivity index (χ2n) is 12.5. The van der Waals surface area contributed by atoms with Crippen LogP contribution in [0.2, 0.25) is 30.3 Å². The largest absolute Gasteiger partial charge is 0.490 e. The number of benzene rings is 1. The monoisotopic (exact) mass is 562 g/mol. The molecule has 2 aromatic rings. The molecule has 1 aromatic carbocycles.